The van der Waals surface area contributed by atoms with Crippen LogP contribution < -0.4 is 16.0 Å². The Bertz CT molecular complexity index is 624. The number of nitrogens with one attached hydrogen (secondary N) is 3. The van der Waals surface area contributed by atoms with Crippen LogP contribution in [0.15, 0.2) is 23.3 Å². The summed E-state index contributed by atoms with van der Waals surface area (Å²) in [5, 5.41) is 9.82. The zero-order chi connectivity index (χ0) is 20.5. The van der Waals surface area contributed by atoms with Crippen LogP contribution in [0.2, 0.25) is 5.15 Å². The minimum absolute atomic E-state index is 0.407. The molecule has 0 fully saturated rings. The summed E-state index contributed by atoms with van der Waals surface area (Å²) in [6, 6.07) is 3.73. The molecule has 8 heteroatoms. The van der Waals surface area contributed by atoms with Crippen molar-refractivity contribution in [1.82, 2.24) is 20.9 Å². The Morgan fingerprint density at radius 1 is 1.22 bits per heavy atom. The number of carbonyl (C=O) groups excluding carboxylic acids is 1. The van der Waals surface area contributed by atoms with Gasteiger partial charge in [-0.2, -0.15) is 0 Å². The van der Waals surface area contributed by atoms with Crippen LogP contribution in [-0.4, -0.2) is 47.8 Å². The average molecular weight is 398 g/mol. The van der Waals surface area contributed by atoms with Crippen molar-refractivity contribution >= 4 is 23.7 Å². The Balaban J connectivity index is 2.55. The normalized spacial score (nSPS) is 12.5. The van der Waals surface area contributed by atoms with Gasteiger partial charge in [0.25, 0.3) is 0 Å². The fourth-order valence-corrected chi connectivity index (χ4v) is 2.23. The molecule has 0 bridgehead atoms. The smallest absolute Gasteiger partial charge is 0.408 e. The van der Waals surface area contributed by atoms with Crippen LogP contribution in [-0.2, 0) is 11.2 Å². The number of alkyl carbamates (subject to hydrolysis) is 1. The molecular weight excluding hydrogens is 366 g/mol. The van der Waals surface area contributed by atoms with Crippen LogP contribution in [0.3, 0.4) is 0 Å². The van der Waals surface area contributed by atoms with Gasteiger partial charge in [-0.3, -0.25) is 4.99 Å². The summed E-state index contributed by atoms with van der Waals surface area (Å²) in [4.78, 5) is 20.6. The van der Waals surface area contributed by atoms with E-state index in [0.29, 0.717) is 24.2 Å². The number of hydrogen-bond acceptors (Lipinski definition) is 4. The molecule has 0 aliphatic carbocycles. The highest BCUT2D eigenvalue weighted by atomic mass is 35.5. The summed E-state index contributed by atoms with van der Waals surface area (Å²) < 4.78 is 5.31. The van der Waals surface area contributed by atoms with Crippen LogP contribution in [0.25, 0.3) is 0 Å². The van der Waals surface area contributed by atoms with E-state index in [-0.39, 0.29) is 0 Å². The lowest BCUT2D eigenvalue weighted by Gasteiger charge is -2.27. The first-order chi connectivity index (χ1) is 12.5. The molecule has 0 saturated heterocycles. The standard InChI is InChI=1S/C19H32ClN5O2/c1-7-21-16(22-11-10-14-8-9-15(20)23-12-14)24-13-19(5,6)25-17(26)27-18(2,3)4/h8-9,12H,7,10-11,13H2,1-6H3,(H,25,26)(H2,21,22,24). The number of pyridine rings is 1. The Hall–Kier alpha value is -2.02. The zero-order valence-corrected chi connectivity index (χ0v) is 17.9. The molecule has 0 spiro atoms. The molecule has 0 aromatic carbocycles. The number of halogens is 1. The van der Waals surface area contributed by atoms with Crippen LogP contribution in [0.4, 0.5) is 4.79 Å². The summed E-state index contributed by atoms with van der Waals surface area (Å²) in [5.41, 5.74) is 0.0241. The van der Waals surface area contributed by atoms with Gasteiger partial charge in [0.1, 0.15) is 10.8 Å². The first kappa shape index (κ1) is 23.0. The Kier molecular flexibility index (Phi) is 8.82. The molecule has 1 rings (SSSR count). The van der Waals surface area contributed by atoms with Crippen molar-refractivity contribution in [3.8, 4) is 0 Å². The van der Waals surface area contributed by atoms with Gasteiger partial charge in [-0.15, -0.1) is 0 Å². The van der Waals surface area contributed by atoms with Crippen LogP contribution in [0.1, 0.15) is 47.1 Å². The first-order valence-corrected chi connectivity index (χ1v) is 9.52. The van der Waals surface area contributed by atoms with E-state index in [1.807, 2.05) is 47.6 Å². The van der Waals surface area contributed by atoms with Crippen LogP contribution in [0, 0.1) is 0 Å². The quantitative estimate of drug-likeness (QED) is 0.373. The number of ether oxygens (including phenoxy) is 1. The number of aliphatic imine (C=N–C) groups is 1. The van der Waals surface area contributed by atoms with E-state index in [2.05, 4.69) is 25.9 Å². The van der Waals surface area contributed by atoms with E-state index < -0.39 is 17.2 Å². The van der Waals surface area contributed by atoms with Crippen LogP contribution >= 0.6 is 11.6 Å². The predicted molar refractivity (Wildman–Crippen MR) is 110 cm³/mol. The lowest BCUT2D eigenvalue weighted by Crippen LogP contribution is -2.49. The van der Waals surface area contributed by atoms with Crippen LogP contribution in [0.5, 0.6) is 0 Å². The summed E-state index contributed by atoms with van der Waals surface area (Å²) in [7, 11) is 0. The van der Waals surface area contributed by atoms with Crippen molar-refractivity contribution in [3.63, 3.8) is 0 Å². The number of amides is 1. The van der Waals surface area contributed by atoms with E-state index in [0.717, 1.165) is 18.5 Å². The molecular formula is C19H32ClN5O2. The molecule has 1 aromatic rings. The lowest BCUT2D eigenvalue weighted by atomic mass is 10.1. The molecule has 0 unspecified atom stereocenters. The largest absolute Gasteiger partial charge is 0.444 e. The maximum Gasteiger partial charge on any atom is 0.408 e. The number of rotatable bonds is 7. The first-order valence-electron chi connectivity index (χ1n) is 9.14. The average Bonchev–Trinajstić information content (AvgIpc) is 2.52. The number of guanidine groups is 1. The topological polar surface area (TPSA) is 87.6 Å². The Morgan fingerprint density at radius 3 is 2.48 bits per heavy atom. The molecule has 27 heavy (non-hydrogen) atoms. The molecule has 0 radical (unpaired) electrons. The van der Waals surface area contributed by atoms with Gasteiger partial charge >= 0.3 is 6.09 Å². The van der Waals surface area contributed by atoms with Crippen molar-refractivity contribution < 1.29 is 9.53 Å². The number of carbonyl (C=O) groups is 1. The fraction of sp³-hybridized carbons (Fsp3) is 0.632. The molecule has 7 nitrogen and oxygen atoms in total. The molecule has 1 heterocycles. The molecule has 1 amide bonds. The third-order valence-electron chi connectivity index (χ3n) is 3.31. The highest BCUT2D eigenvalue weighted by Crippen LogP contribution is 2.10. The fourth-order valence-electron chi connectivity index (χ4n) is 2.12. The van der Waals surface area contributed by atoms with E-state index in [4.69, 9.17) is 16.3 Å². The zero-order valence-electron chi connectivity index (χ0n) is 17.1. The van der Waals surface area contributed by atoms with E-state index in [1.165, 1.54) is 0 Å². The van der Waals surface area contributed by atoms with Gasteiger partial charge in [-0.1, -0.05) is 17.7 Å². The van der Waals surface area contributed by atoms with Gasteiger partial charge in [0, 0.05) is 19.3 Å². The molecule has 152 valence electrons. The SMILES string of the molecule is CCNC(=NCC(C)(C)NC(=O)OC(C)(C)C)NCCc1ccc(Cl)nc1. The molecule has 0 aliphatic heterocycles. The second-order valence-electron chi connectivity index (χ2n) is 7.87. The molecule has 0 saturated carbocycles. The third-order valence-corrected chi connectivity index (χ3v) is 3.53. The van der Waals surface area contributed by atoms with Crippen molar-refractivity contribution in [2.75, 3.05) is 19.6 Å². The second-order valence-corrected chi connectivity index (χ2v) is 8.26. The predicted octanol–water partition coefficient (Wildman–Crippen LogP) is 3.14. The highest BCUT2D eigenvalue weighted by molar-refractivity contribution is 6.29. The van der Waals surface area contributed by atoms with Gasteiger partial charge in [-0.05, 0) is 59.6 Å². The molecule has 3 N–H and O–H groups in total. The third kappa shape index (κ3) is 10.7. The number of aromatic nitrogens is 1. The van der Waals surface area contributed by atoms with Gasteiger partial charge in [0.2, 0.25) is 0 Å². The lowest BCUT2D eigenvalue weighted by molar-refractivity contribution is 0.0476. The number of nitrogens with zero attached hydrogens (tertiary/aromatic N) is 2. The van der Waals surface area contributed by atoms with Gasteiger partial charge in [0.15, 0.2) is 5.96 Å². The summed E-state index contributed by atoms with van der Waals surface area (Å²) in [5.74, 6) is 0.693. The minimum atomic E-state index is -0.537. The van der Waals surface area contributed by atoms with Gasteiger partial charge in [-0.25, -0.2) is 9.78 Å². The van der Waals surface area contributed by atoms with E-state index >= 15 is 0 Å². The number of hydrogen-bond donors (Lipinski definition) is 3. The van der Waals surface area contributed by atoms with E-state index in [9.17, 15) is 4.79 Å². The summed E-state index contributed by atoms with van der Waals surface area (Å²) in [6.07, 6.45) is 2.12. The molecule has 0 aliphatic rings. The van der Waals surface area contributed by atoms with Crippen molar-refractivity contribution in [2.45, 2.75) is 59.1 Å². The van der Waals surface area contributed by atoms with Gasteiger partial charge < -0.3 is 20.7 Å². The monoisotopic (exact) mass is 397 g/mol. The van der Waals surface area contributed by atoms with E-state index in [1.54, 1.807) is 12.3 Å². The maximum absolute atomic E-state index is 12.0. The Morgan fingerprint density at radius 2 is 1.93 bits per heavy atom. The highest BCUT2D eigenvalue weighted by Gasteiger charge is 2.24. The minimum Gasteiger partial charge on any atom is -0.444 e. The Labute approximate surface area is 167 Å². The maximum atomic E-state index is 12.0. The second kappa shape index (κ2) is 10.3. The van der Waals surface area contributed by atoms with Gasteiger partial charge in [0.05, 0.1) is 12.1 Å². The molecule has 0 atom stereocenters. The van der Waals surface area contributed by atoms with Crippen molar-refractivity contribution in [1.29, 1.82) is 0 Å². The van der Waals surface area contributed by atoms with Crippen molar-refractivity contribution in [2.24, 2.45) is 4.99 Å². The summed E-state index contributed by atoms with van der Waals surface area (Å²) >= 11 is 5.80. The summed E-state index contributed by atoms with van der Waals surface area (Å²) in [6.45, 7) is 13.2. The van der Waals surface area contributed by atoms with Crippen molar-refractivity contribution in [3.05, 3.63) is 29.0 Å². The molecule has 1 aromatic heterocycles.